The molecule has 2 amide bonds. The number of hydrogen-bond acceptors (Lipinski definition) is 4. The van der Waals surface area contributed by atoms with Gasteiger partial charge in [0.25, 0.3) is 5.91 Å². The number of esters is 1. The van der Waals surface area contributed by atoms with Crippen molar-refractivity contribution in [2.45, 2.75) is 58.8 Å². The van der Waals surface area contributed by atoms with Gasteiger partial charge in [-0.3, -0.25) is 9.59 Å². The van der Waals surface area contributed by atoms with Gasteiger partial charge in [0.15, 0.2) is 0 Å². The van der Waals surface area contributed by atoms with Gasteiger partial charge in [0.2, 0.25) is 5.91 Å². The van der Waals surface area contributed by atoms with Crippen LogP contribution in [0.3, 0.4) is 0 Å². The number of carbonyl (C=O) groups excluding carboxylic acids is 3. The van der Waals surface area contributed by atoms with Crippen molar-refractivity contribution in [3.8, 4) is 0 Å². The number of piperidine rings is 1. The van der Waals surface area contributed by atoms with Crippen LogP contribution in [0.1, 0.15) is 77.0 Å². The number of likely N-dealkylation sites (tertiary alicyclic amines) is 2. The first-order valence-corrected chi connectivity index (χ1v) is 10.8. The summed E-state index contributed by atoms with van der Waals surface area (Å²) < 4.78 is 4.83. The number of rotatable bonds is 4. The summed E-state index contributed by atoms with van der Waals surface area (Å²) in [6.45, 7) is 6.62. The van der Waals surface area contributed by atoms with Crippen LogP contribution in [0.2, 0.25) is 0 Å². The Morgan fingerprint density at radius 1 is 0.966 bits per heavy atom. The average molecular weight is 404 g/mol. The molecule has 0 unspecified atom stereocenters. The number of aromatic amines is 1. The van der Waals surface area contributed by atoms with Gasteiger partial charge in [-0.05, 0) is 51.0 Å². The summed E-state index contributed by atoms with van der Waals surface area (Å²) in [5.74, 6) is 0.0984. The molecule has 1 aromatic rings. The molecule has 2 aliphatic rings. The molecule has 1 N–H and O–H groups in total. The molecule has 3 rings (SSSR count). The van der Waals surface area contributed by atoms with Crippen molar-refractivity contribution in [2.75, 3.05) is 33.3 Å². The molecular formula is C22H33N3O4. The van der Waals surface area contributed by atoms with E-state index in [1.807, 2.05) is 9.80 Å². The van der Waals surface area contributed by atoms with Crippen LogP contribution in [-0.4, -0.2) is 65.9 Å². The molecule has 0 aromatic carbocycles. The highest BCUT2D eigenvalue weighted by Gasteiger charge is 2.30. The molecule has 0 spiro atoms. The van der Waals surface area contributed by atoms with E-state index in [9.17, 15) is 14.4 Å². The smallest absolute Gasteiger partial charge is 0.339 e. The van der Waals surface area contributed by atoms with Gasteiger partial charge in [0.05, 0.1) is 12.7 Å². The molecule has 7 heteroatoms. The molecule has 2 fully saturated rings. The predicted molar refractivity (Wildman–Crippen MR) is 110 cm³/mol. The Morgan fingerprint density at radius 2 is 1.59 bits per heavy atom. The predicted octanol–water partition coefficient (Wildman–Crippen LogP) is 3.06. The van der Waals surface area contributed by atoms with Crippen LogP contribution in [0.4, 0.5) is 0 Å². The first-order chi connectivity index (χ1) is 13.9. The lowest BCUT2D eigenvalue weighted by molar-refractivity contribution is -0.132. The molecule has 0 bridgehead atoms. The van der Waals surface area contributed by atoms with Gasteiger partial charge in [-0.1, -0.05) is 12.8 Å². The number of amides is 2. The van der Waals surface area contributed by atoms with E-state index in [4.69, 9.17) is 4.74 Å². The largest absolute Gasteiger partial charge is 0.465 e. The summed E-state index contributed by atoms with van der Waals surface area (Å²) in [6.07, 6.45) is 6.94. The maximum absolute atomic E-state index is 13.0. The number of nitrogens with zero attached hydrogens (tertiary/aromatic N) is 2. The summed E-state index contributed by atoms with van der Waals surface area (Å²) in [6, 6.07) is 0. The number of carbonyl (C=O) groups is 3. The normalized spacial score (nSPS) is 18.4. The molecule has 0 radical (unpaired) electrons. The Kier molecular flexibility index (Phi) is 6.98. The van der Waals surface area contributed by atoms with Gasteiger partial charge < -0.3 is 19.5 Å². The van der Waals surface area contributed by atoms with Crippen LogP contribution < -0.4 is 0 Å². The van der Waals surface area contributed by atoms with E-state index >= 15 is 0 Å². The van der Waals surface area contributed by atoms with Gasteiger partial charge in [-0.15, -0.1) is 0 Å². The maximum Gasteiger partial charge on any atom is 0.339 e. The Morgan fingerprint density at radius 3 is 2.17 bits per heavy atom. The number of methoxy groups -OCH3 is 1. The fourth-order valence-electron chi connectivity index (χ4n) is 4.57. The second kappa shape index (κ2) is 9.46. The second-order valence-electron chi connectivity index (χ2n) is 8.35. The number of aromatic nitrogens is 1. The molecule has 0 saturated carbocycles. The number of nitrogens with one attached hydrogen (secondary N) is 1. The fraction of sp³-hybridized carbons (Fsp3) is 0.682. The van der Waals surface area contributed by atoms with Crippen LogP contribution in [0.25, 0.3) is 0 Å². The zero-order valence-corrected chi connectivity index (χ0v) is 17.9. The zero-order valence-electron chi connectivity index (χ0n) is 17.9. The third-order valence-corrected chi connectivity index (χ3v) is 6.36. The number of hydrogen-bond donors (Lipinski definition) is 1. The van der Waals surface area contributed by atoms with Crippen molar-refractivity contribution in [3.63, 3.8) is 0 Å². The van der Waals surface area contributed by atoms with Gasteiger partial charge in [-0.25, -0.2) is 4.79 Å². The monoisotopic (exact) mass is 403 g/mol. The van der Waals surface area contributed by atoms with E-state index in [0.29, 0.717) is 47.9 Å². The number of ether oxygens (including phenoxy) is 1. The molecule has 0 atom stereocenters. The summed E-state index contributed by atoms with van der Waals surface area (Å²) in [5.41, 5.74) is 2.18. The Balaban J connectivity index is 1.56. The van der Waals surface area contributed by atoms with E-state index in [-0.39, 0.29) is 11.8 Å². The minimum atomic E-state index is -0.430. The minimum Gasteiger partial charge on any atom is -0.465 e. The Labute approximate surface area is 172 Å². The molecular weight excluding hydrogens is 370 g/mol. The third-order valence-electron chi connectivity index (χ3n) is 6.36. The fourth-order valence-corrected chi connectivity index (χ4v) is 4.57. The van der Waals surface area contributed by atoms with E-state index in [0.717, 1.165) is 38.8 Å². The van der Waals surface area contributed by atoms with Crippen molar-refractivity contribution in [1.29, 1.82) is 0 Å². The van der Waals surface area contributed by atoms with Crippen molar-refractivity contribution in [1.82, 2.24) is 14.8 Å². The van der Waals surface area contributed by atoms with Gasteiger partial charge >= 0.3 is 5.97 Å². The molecule has 29 heavy (non-hydrogen) atoms. The highest BCUT2D eigenvalue weighted by atomic mass is 16.5. The van der Waals surface area contributed by atoms with Crippen molar-refractivity contribution in [2.24, 2.45) is 5.92 Å². The van der Waals surface area contributed by atoms with Crippen LogP contribution in [-0.2, 0) is 9.53 Å². The first kappa shape index (κ1) is 21.4. The lowest BCUT2D eigenvalue weighted by Gasteiger charge is -2.32. The number of H-pyrrole nitrogens is 1. The van der Waals surface area contributed by atoms with Gasteiger partial charge in [0.1, 0.15) is 5.69 Å². The molecule has 1 aromatic heterocycles. The second-order valence-corrected chi connectivity index (χ2v) is 8.35. The van der Waals surface area contributed by atoms with E-state index in [1.165, 1.54) is 20.0 Å². The zero-order chi connectivity index (χ0) is 21.0. The van der Waals surface area contributed by atoms with Gasteiger partial charge in [-0.2, -0.15) is 0 Å². The minimum absolute atomic E-state index is 0.0851. The molecule has 2 saturated heterocycles. The standard InChI is InChI=1S/C22H33N3O4/c1-15-19(22(28)29-3)16(2)23-20(15)21(27)25-12-8-17(9-13-25)14-18(26)24-10-6-4-5-7-11-24/h17,23H,4-14H2,1-3H3. The molecule has 7 nitrogen and oxygen atoms in total. The average Bonchev–Trinajstić information content (AvgIpc) is 2.90. The van der Waals surface area contributed by atoms with E-state index in [1.54, 1.807) is 13.8 Å². The Bertz CT molecular complexity index is 754. The highest BCUT2D eigenvalue weighted by Crippen LogP contribution is 2.26. The lowest BCUT2D eigenvalue weighted by Crippen LogP contribution is -2.40. The van der Waals surface area contributed by atoms with Crippen molar-refractivity contribution in [3.05, 3.63) is 22.5 Å². The molecule has 2 aliphatic heterocycles. The number of aryl methyl sites for hydroxylation is 1. The van der Waals surface area contributed by atoms with Crippen LogP contribution >= 0.6 is 0 Å². The van der Waals surface area contributed by atoms with Crippen LogP contribution in [0.15, 0.2) is 0 Å². The molecule has 160 valence electrons. The van der Waals surface area contributed by atoms with Gasteiger partial charge in [0, 0.05) is 38.3 Å². The summed E-state index contributed by atoms with van der Waals surface area (Å²) in [4.78, 5) is 44.5. The molecule has 0 aliphatic carbocycles. The quantitative estimate of drug-likeness (QED) is 0.783. The maximum atomic E-state index is 13.0. The Hall–Kier alpha value is -2.31. The SMILES string of the molecule is COC(=O)c1c(C)[nH]c(C(=O)N2CCC(CC(=O)N3CCCCCC3)CC2)c1C. The highest BCUT2D eigenvalue weighted by molar-refractivity contribution is 6.00. The van der Waals surface area contributed by atoms with E-state index < -0.39 is 5.97 Å². The van der Waals surface area contributed by atoms with Crippen LogP contribution in [0.5, 0.6) is 0 Å². The summed E-state index contributed by atoms with van der Waals surface area (Å²) in [7, 11) is 1.34. The third kappa shape index (κ3) is 4.82. The van der Waals surface area contributed by atoms with E-state index in [2.05, 4.69) is 4.98 Å². The lowest BCUT2D eigenvalue weighted by atomic mass is 9.92. The summed E-state index contributed by atoms with van der Waals surface area (Å²) in [5, 5.41) is 0. The van der Waals surface area contributed by atoms with Crippen LogP contribution in [0, 0.1) is 19.8 Å². The van der Waals surface area contributed by atoms with Crippen molar-refractivity contribution < 1.29 is 19.1 Å². The first-order valence-electron chi connectivity index (χ1n) is 10.8. The molecule has 3 heterocycles. The van der Waals surface area contributed by atoms with Crippen molar-refractivity contribution >= 4 is 17.8 Å². The topological polar surface area (TPSA) is 82.7 Å². The summed E-state index contributed by atoms with van der Waals surface area (Å²) >= 11 is 0.